The van der Waals surface area contributed by atoms with Gasteiger partial charge in [-0.1, -0.05) is 12.7 Å². The van der Waals surface area contributed by atoms with E-state index in [0.717, 1.165) is 0 Å². The molecule has 0 bridgehead atoms. The second-order valence-corrected chi connectivity index (χ2v) is 3.76. The topological polar surface area (TPSA) is 29.5 Å². The maximum Gasteiger partial charge on any atom is 0.100 e. The Morgan fingerprint density at radius 3 is 2.42 bits per heavy atom. The monoisotopic (exact) mass is 170 g/mol. The molecular weight excluding hydrogens is 152 g/mol. The van der Waals surface area contributed by atoms with Gasteiger partial charge in [0.15, 0.2) is 0 Å². The summed E-state index contributed by atoms with van der Waals surface area (Å²) < 4.78 is 5.41. The Hall–Kier alpha value is -0.760. The van der Waals surface area contributed by atoms with Gasteiger partial charge in [0, 0.05) is 6.42 Å². The minimum absolute atomic E-state index is 0.238. The second kappa shape index (κ2) is 4.31. The van der Waals surface area contributed by atoms with E-state index in [1.165, 1.54) is 6.08 Å². The van der Waals surface area contributed by atoms with Crippen LogP contribution in [0, 0.1) is 0 Å². The smallest absolute Gasteiger partial charge is 0.100 e. The van der Waals surface area contributed by atoms with Gasteiger partial charge in [0.1, 0.15) is 5.60 Å². The summed E-state index contributed by atoms with van der Waals surface area (Å²) in [5.74, 6) is 0.593. The summed E-state index contributed by atoms with van der Waals surface area (Å²) in [6, 6.07) is 0. The zero-order chi connectivity index (χ0) is 9.78. The lowest BCUT2D eigenvalue weighted by molar-refractivity contribution is 0.0388. The third kappa shape index (κ3) is 5.98. The average Bonchev–Trinajstić information content (AvgIpc) is 1.82. The van der Waals surface area contributed by atoms with Crippen molar-refractivity contribution < 1.29 is 9.84 Å². The first kappa shape index (κ1) is 11.2. The lowest BCUT2D eigenvalue weighted by Gasteiger charge is -2.23. The Labute approximate surface area is 74.6 Å². The van der Waals surface area contributed by atoms with Crippen molar-refractivity contribution in [1.29, 1.82) is 0 Å². The lowest BCUT2D eigenvalue weighted by Crippen LogP contribution is -2.19. The van der Waals surface area contributed by atoms with E-state index in [2.05, 4.69) is 13.2 Å². The lowest BCUT2D eigenvalue weighted by atomic mass is 10.1. The van der Waals surface area contributed by atoms with Crippen LogP contribution in [0.25, 0.3) is 0 Å². The Morgan fingerprint density at radius 1 is 1.58 bits per heavy atom. The summed E-state index contributed by atoms with van der Waals surface area (Å²) in [6.45, 7) is 13.0. The van der Waals surface area contributed by atoms with Gasteiger partial charge in [-0.25, -0.2) is 0 Å². The van der Waals surface area contributed by atoms with Gasteiger partial charge in [-0.15, -0.1) is 6.58 Å². The molecule has 0 aliphatic carbocycles. The van der Waals surface area contributed by atoms with E-state index in [9.17, 15) is 0 Å². The molecule has 1 N–H and O–H groups in total. The number of aliphatic hydroxyl groups excluding tert-OH is 1. The molecule has 0 aromatic rings. The van der Waals surface area contributed by atoms with Crippen LogP contribution in [-0.2, 0) is 4.74 Å². The average molecular weight is 170 g/mol. The molecule has 1 atom stereocenters. The summed E-state index contributed by atoms with van der Waals surface area (Å²) in [5.41, 5.74) is -0.238. The third-order valence-corrected chi connectivity index (χ3v) is 1.16. The second-order valence-electron chi connectivity index (χ2n) is 3.76. The molecule has 12 heavy (non-hydrogen) atoms. The van der Waals surface area contributed by atoms with E-state index in [4.69, 9.17) is 9.84 Å². The van der Waals surface area contributed by atoms with Gasteiger partial charge in [-0.05, 0) is 20.8 Å². The molecular formula is C10H18O2. The fraction of sp³-hybridized carbons (Fsp3) is 0.600. The van der Waals surface area contributed by atoms with Crippen LogP contribution in [0.5, 0.6) is 0 Å². The SMILES string of the molecule is C=CC(O)CC(=C)OC(C)(C)C. The van der Waals surface area contributed by atoms with Crippen molar-refractivity contribution in [2.75, 3.05) is 0 Å². The van der Waals surface area contributed by atoms with Crippen molar-refractivity contribution in [1.82, 2.24) is 0 Å². The van der Waals surface area contributed by atoms with Gasteiger partial charge in [-0.2, -0.15) is 0 Å². The van der Waals surface area contributed by atoms with Crippen molar-refractivity contribution in [3.8, 4) is 0 Å². The maximum atomic E-state index is 9.17. The van der Waals surface area contributed by atoms with Gasteiger partial charge < -0.3 is 9.84 Å². The van der Waals surface area contributed by atoms with E-state index >= 15 is 0 Å². The first-order chi connectivity index (χ1) is 5.35. The zero-order valence-corrected chi connectivity index (χ0v) is 8.13. The van der Waals surface area contributed by atoms with Crippen molar-refractivity contribution in [2.45, 2.75) is 38.9 Å². The molecule has 2 nitrogen and oxygen atoms in total. The van der Waals surface area contributed by atoms with Gasteiger partial charge in [0.05, 0.1) is 11.9 Å². The Kier molecular flexibility index (Phi) is 4.04. The molecule has 0 aromatic carbocycles. The molecule has 0 saturated carbocycles. The van der Waals surface area contributed by atoms with Crippen LogP contribution in [0.4, 0.5) is 0 Å². The van der Waals surface area contributed by atoms with Crippen LogP contribution in [-0.4, -0.2) is 16.8 Å². The Balaban J connectivity index is 3.82. The molecule has 2 heteroatoms. The predicted octanol–water partition coefficient (Wildman–Crippen LogP) is 2.25. The van der Waals surface area contributed by atoms with Gasteiger partial charge in [0.25, 0.3) is 0 Å². The molecule has 0 saturated heterocycles. The van der Waals surface area contributed by atoms with E-state index in [0.29, 0.717) is 12.2 Å². The highest BCUT2D eigenvalue weighted by molar-refractivity contribution is 4.93. The van der Waals surface area contributed by atoms with Crippen LogP contribution >= 0.6 is 0 Å². The quantitative estimate of drug-likeness (QED) is 0.518. The molecule has 0 fully saturated rings. The van der Waals surface area contributed by atoms with Crippen LogP contribution in [0.2, 0.25) is 0 Å². The minimum atomic E-state index is -0.556. The van der Waals surface area contributed by atoms with Crippen molar-refractivity contribution in [2.24, 2.45) is 0 Å². The molecule has 0 spiro atoms. The number of hydrogen-bond acceptors (Lipinski definition) is 2. The van der Waals surface area contributed by atoms with Crippen molar-refractivity contribution >= 4 is 0 Å². The highest BCUT2D eigenvalue weighted by Crippen LogP contribution is 2.15. The first-order valence-corrected chi connectivity index (χ1v) is 4.02. The fourth-order valence-electron chi connectivity index (χ4n) is 0.791. The Morgan fingerprint density at radius 2 is 2.08 bits per heavy atom. The molecule has 0 rings (SSSR count). The van der Waals surface area contributed by atoms with E-state index in [1.54, 1.807) is 0 Å². The van der Waals surface area contributed by atoms with Crippen molar-refractivity contribution in [3.63, 3.8) is 0 Å². The summed E-state index contributed by atoms with van der Waals surface area (Å²) in [5, 5.41) is 9.17. The minimum Gasteiger partial charge on any atom is -0.493 e. The normalized spacial score (nSPS) is 13.7. The molecule has 0 amide bonds. The number of rotatable bonds is 4. The fourth-order valence-corrected chi connectivity index (χ4v) is 0.791. The molecule has 1 unspecified atom stereocenters. The maximum absolute atomic E-state index is 9.17. The molecule has 0 aliphatic rings. The number of aliphatic hydroxyl groups is 1. The summed E-state index contributed by atoms with van der Waals surface area (Å²) >= 11 is 0. The third-order valence-electron chi connectivity index (χ3n) is 1.16. The molecule has 0 heterocycles. The summed E-state index contributed by atoms with van der Waals surface area (Å²) in [6.07, 6.45) is 1.33. The summed E-state index contributed by atoms with van der Waals surface area (Å²) in [4.78, 5) is 0. The molecule has 0 aromatic heterocycles. The number of ether oxygens (including phenoxy) is 1. The van der Waals surface area contributed by atoms with Gasteiger partial charge in [0.2, 0.25) is 0 Å². The van der Waals surface area contributed by atoms with Gasteiger partial charge >= 0.3 is 0 Å². The zero-order valence-electron chi connectivity index (χ0n) is 8.13. The molecule has 70 valence electrons. The number of hydrogen-bond donors (Lipinski definition) is 1. The molecule has 0 radical (unpaired) electrons. The molecule has 0 aliphatic heterocycles. The van der Waals surface area contributed by atoms with Crippen LogP contribution in [0.15, 0.2) is 25.0 Å². The predicted molar refractivity (Wildman–Crippen MR) is 50.8 cm³/mol. The first-order valence-electron chi connectivity index (χ1n) is 4.02. The highest BCUT2D eigenvalue weighted by atomic mass is 16.5. The van der Waals surface area contributed by atoms with Gasteiger partial charge in [-0.3, -0.25) is 0 Å². The van der Waals surface area contributed by atoms with Crippen LogP contribution in [0.1, 0.15) is 27.2 Å². The van der Waals surface area contributed by atoms with Crippen molar-refractivity contribution in [3.05, 3.63) is 25.0 Å². The van der Waals surface area contributed by atoms with Crippen LogP contribution in [0.3, 0.4) is 0 Å². The Bertz CT molecular complexity index is 165. The largest absolute Gasteiger partial charge is 0.493 e. The van der Waals surface area contributed by atoms with E-state index < -0.39 is 6.10 Å². The summed E-state index contributed by atoms with van der Waals surface area (Å²) in [7, 11) is 0. The van der Waals surface area contributed by atoms with E-state index in [-0.39, 0.29) is 5.60 Å². The van der Waals surface area contributed by atoms with E-state index in [1.807, 2.05) is 20.8 Å². The highest BCUT2D eigenvalue weighted by Gasteiger charge is 2.13. The van der Waals surface area contributed by atoms with Crippen LogP contribution < -0.4 is 0 Å². The standard InChI is InChI=1S/C10H18O2/c1-6-9(11)7-8(2)12-10(3,4)5/h6,9,11H,1-2,7H2,3-5H3.